The Morgan fingerprint density at radius 3 is 2.60 bits per heavy atom. The summed E-state index contributed by atoms with van der Waals surface area (Å²) in [6, 6.07) is 6.95. The van der Waals surface area contributed by atoms with Crippen LogP contribution >= 0.6 is 11.3 Å². The van der Waals surface area contributed by atoms with Crippen molar-refractivity contribution < 1.29 is 23.9 Å². The van der Waals surface area contributed by atoms with Gasteiger partial charge >= 0.3 is 12.0 Å². The number of carbonyl (C=O) groups excluding carboxylic acids is 3. The monoisotopic (exact) mass is 868 g/mol. The number of urea groups is 1. The SMILES string of the molecule is CCn1c(-c2cc(N3CCN(C)CC3)cnc2[C@H](C)OC)c2c3cc(ccc31)-c1csc(n1)C[C@H](NC(=O)N1CCN(C)C[C@@H]1C)C(=O)N1CCC[C@H](N1)C(=O)OCC(C)(C)C2. The number of anilines is 1. The highest BCUT2D eigenvalue weighted by atomic mass is 32.1. The quantitative estimate of drug-likeness (QED) is 0.248. The fourth-order valence-electron chi connectivity index (χ4n) is 9.51. The van der Waals surface area contributed by atoms with Crippen molar-refractivity contribution in [2.75, 3.05) is 85.1 Å². The molecule has 4 aromatic rings. The Kier molecular flexibility index (Phi) is 12.9. The van der Waals surface area contributed by atoms with Crippen molar-refractivity contribution in [3.63, 3.8) is 0 Å². The van der Waals surface area contributed by atoms with Gasteiger partial charge in [-0.3, -0.25) is 19.6 Å². The molecule has 0 aliphatic carbocycles. The van der Waals surface area contributed by atoms with Crippen LogP contribution in [0.2, 0.25) is 0 Å². The predicted molar refractivity (Wildman–Crippen MR) is 243 cm³/mol. The van der Waals surface area contributed by atoms with E-state index in [2.05, 4.69) is 82.1 Å². The summed E-state index contributed by atoms with van der Waals surface area (Å²) < 4.78 is 14.5. The van der Waals surface area contributed by atoms with Gasteiger partial charge in [-0.25, -0.2) is 15.2 Å². The van der Waals surface area contributed by atoms with Gasteiger partial charge in [0.1, 0.15) is 12.1 Å². The number of carbonyl (C=O) groups is 3. The summed E-state index contributed by atoms with van der Waals surface area (Å²) in [6.07, 6.45) is 3.70. The number of methoxy groups -OCH3 is 1. The fourth-order valence-corrected chi connectivity index (χ4v) is 10.4. The maximum absolute atomic E-state index is 14.4. The largest absolute Gasteiger partial charge is 0.464 e. The van der Waals surface area contributed by atoms with E-state index in [0.29, 0.717) is 32.4 Å². The number of piperazine rings is 2. The number of hydrogen-bond donors (Lipinski definition) is 2. The molecule has 3 amide bonds. The molecule has 0 unspecified atom stereocenters. The first-order valence-electron chi connectivity index (χ1n) is 22.3. The van der Waals surface area contributed by atoms with Gasteiger partial charge in [0.05, 0.1) is 46.7 Å². The number of pyridine rings is 1. The second-order valence-electron chi connectivity index (χ2n) is 18.5. The summed E-state index contributed by atoms with van der Waals surface area (Å²) in [5, 5.41) is 8.46. The lowest BCUT2D eigenvalue weighted by Gasteiger charge is -2.39. The lowest BCUT2D eigenvalue weighted by molar-refractivity contribution is -0.155. The van der Waals surface area contributed by atoms with Gasteiger partial charge in [0.15, 0.2) is 0 Å². The lowest BCUT2D eigenvalue weighted by atomic mass is 9.84. The summed E-state index contributed by atoms with van der Waals surface area (Å²) >= 11 is 1.48. The summed E-state index contributed by atoms with van der Waals surface area (Å²) in [5.41, 5.74) is 10.8. The number of amides is 3. The molecule has 15 nitrogen and oxygen atoms in total. The first-order chi connectivity index (χ1) is 29.7. The van der Waals surface area contributed by atoms with Gasteiger partial charge in [0.25, 0.3) is 5.91 Å². The molecule has 4 aliphatic rings. The Balaban J connectivity index is 1.24. The number of likely N-dealkylation sites (N-methyl/N-ethyl adjacent to an activating group) is 2. The highest BCUT2D eigenvalue weighted by Crippen LogP contribution is 2.43. The zero-order chi connectivity index (χ0) is 43.9. The number of ether oxygens (including phenoxy) is 2. The molecule has 2 N–H and O–H groups in total. The molecular weight excluding hydrogens is 805 g/mol. The van der Waals surface area contributed by atoms with Gasteiger partial charge in [-0.1, -0.05) is 19.9 Å². The molecule has 334 valence electrons. The molecule has 7 heterocycles. The Bertz CT molecular complexity index is 2280. The number of hydrazine groups is 1. The minimum Gasteiger partial charge on any atom is -0.464 e. The number of thiazole rings is 1. The van der Waals surface area contributed by atoms with E-state index in [1.54, 1.807) is 12.0 Å². The topological polar surface area (TPSA) is 141 Å². The second kappa shape index (κ2) is 18.2. The number of nitrogens with one attached hydrogen (secondary N) is 2. The summed E-state index contributed by atoms with van der Waals surface area (Å²) in [7, 11) is 5.94. The molecule has 0 spiro atoms. The number of aryl methyl sites for hydroxylation is 1. The molecule has 3 fully saturated rings. The van der Waals surface area contributed by atoms with E-state index in [9.17, 15) is 14.4 Å². The number of hydrogen-bond acceptors (Lipinski definition) is 12. The van der Waals surface area contributed by atoms with Gasteiger partial charge < -0.3 is 39.0 Å². The number of benzene rings is 1. The van der Waals surface area contributed by atoms with Crippen LogP contribution in [0, 0.1) is 5.41 Å². The van der Waals surface area contributed by atoms with Crippen molar-refractivity contribution in [2.45, 2.75) is 91.1 Å². The molecular formula is C46H64N10O5S. The van der Waals surface area contributed by atoms with Crippen LogP contribution < -0.4 is 15.6 Å². The van der Waals surface area contributed by atoms with E-state index >= 15 is 0 Å². The molecule has 0 saturated carbocycles. The van der Waals surface area contributed by atoms with Crippen molar-refractivity contribution in [3.05, 3.63) is 52.1 Å². The normalized spacial score (nSPS) is 23.6. The van der Waals surface area contributed by atoms with Gasteiger partial charge in [0, 0.05) is 111 Å². The van der Waals surface area contributed by atoms with Crippen molar-refractivity contribution >= 4 is 45.8 Å². The van der Waals surface area contributed by atoms with Crippen LogP contribution in [0.5, 0.6) is 0 Å². The second-order valence-corrected chi connectivity index (χ2v) is 19.4. The molecule has 3 saturated heterocycles. The van der Waals surface area contributed by atoms with Crippen molar-refractivity contribution in [2.24, 2.45) is 5.41 Å². The molecule has 4 atom stereocenters. The van der Waals surface area contributed by atoms with E-state index in [0.717, 1.165) is 101 Å². The maximum atomic E-state index is 14.4. The van der Waals surface area contributed by atoms with Crippen LogP contribution in [0.15, 0.2) is 35.8 Å². The fraction of sp³-hybridized carbons (Fsp3) is 0.587. The summed E-state index contributed by atoms with van der Waals surface area (Å²) in [6.45, 7) is 17.7. The molecule has 6 bridgehead atoms. The average molecular weight is 869 g/mol. The Labute approximate surface area is 369 Å². The third kappa shape index (κ3) is 9.07. The highest BCUT2D eigenvalue weighted by Gasteiger charge is 2.37. The molecule has 3 aromatic heterocycles. The highest BCUT2D eigenvalue weighted by molar-refractivity contribution is 7.10. The minimum absolute atomic E-state index is 0.0129. The predicted octanol–water partition coefficient (Wildman–Crippen LogP) is 5.18. The van der Waals surface area contributed by atoms with Crippen LogP contribution in [-0.2, 0) is 38.4 Å². The molecule has 1 aromatic carbocycles. The van der Waals surface area contributed by atoms with Crippen molar-refractivity contribution in [1.82, 2.24) is 45.0 Å². The van der Waals surface area contributed by atoms with Gasteiger partial charge in [0.2, 0.25) is 0 Å². The smallest absolute Gasteiger partial charge is 0.324 e. The molecule has 8 rings (SSSR count). The van der Waals surface area contributed by atoms with E-state index in [1.807, 2.05) is 32.5 Å². The van der Waals surface area contributed by atoms with Gasteiger partial charge in [-0.15, -0.1) is 11.3 Å². The van der Waals surface area contributed by atoms with Gasteiger partial charge in [-0.05, 0) is 77.9 Å². The van der Waals surface area contributed by atoms with Crippen molar-refractivity contribution in [1.29, 1.82) is 0 Å². The first-order valence-corrected chi connectivity index (χ1v) is 23.2. The van der Waals surface area contributed by atoms with E-state index in [1.165, 1.54) is 16.3 Å². The number of fused-ring (bicyclic) bond motifs is 6. The van der Waals surface area contributed by atoms with Crippen LogP contribution in [0.25, 0.3) is 33.4 Å². The zero-order valence-electron chi connectivity index (χ0n) is 37.7. The Morgan fingerprint density at radius 2 is 1.85 bits per heavy atom. The molecule has 0 radical (unpaired) electrons. The van der Waals surface area contributed by atoms with Crippen LogP contribution in [0.1, 0.15) is 69.8 Å². The molecule has 62 heavy (non-hydrogen) atoms. The minimum atomic E-state index is -0.900. The van der Waals surface area contributed by atoms with E-state index < -0.39 is 23.5 Å². The molecule has 4 aliphatic heterocycles. The summed E-state index contributed by atoms with van der Waals surface area (Å²) in [4.78, 5) is 61.2. The van der Waals surface area contributed by atoms with Crippen LogP contribution in [0.4, 0.5) is 10.5 Å². The van der Waals surface area contributed by atoms with Crippen LogP contribution in [-0.4, -0.2) is 150 Å². The maximum Gasteiger partial charge on any atom is 0.324 e. The Morgan fingerprint density at radius 1 is 1.08 bits per heavy atom. The van der Waals surface area contributed by atoms with E-state index in [4.69, 9.17) is 19.4 Å². The van der Waals surface area contributed by atoms with Gasteiger partial charge in [-0.2, -0.15) is 0 Å². The number of rotatable bonds is 6. The molecule has 16 heteroatoms. The number of aromatic nitrogens is 3. The van der Waals surface area contributed by atoms with E-state index in [-0.39, 0.29) is 37.1 Å². The Hall–Kier alpha value is -4.61. The third-order valence-corrected chi connectivity index (χ3v) is 14.0. The summed E-state index contributed by atoms with van der Waals surface area (Å²) in [5.74, 6) is -0.699. The number of nitrogens with zero attached hydrogens (tertiary/aromatic N) is 8. The number of cyclic esters (lactones) is 1. The average Bonchev–Trinajstić information content (AvgIpc) is 3.86. The van der Waals surface area contributed by atoms with Crippen molar-refractivity contribution in [3.8, 4) is 22.5 Å². The zero-order valence-corrected chi connectivity index (χ0v) is 38.5. The first kappa shape index (κ1) is 44.0. The standard InChI is InChI=1S/C46H64N10O5S/c1-9-54-39-13-12-31-21-33(39)35(42(54)34-22-32(25-47-41(34)30(3)60-8)53-18-15-51(6)16-19-53)24-46(4,5)28-61-44(58)36-11-10-14-56(50-36)43(57)37(23-40-48-38(31)27-62-40)49-45(59)55-20-17-52(7)26-29(55)2/h12-13,21-22,25,27,29-30,36-37,50H,9-11,14-20,23-24,26,28H2,1-8H3,(H,49,59)/t29-,30-,36-,37-/m0/s1. The van der Waals surface area contributed by atoms with Crippen LogP contribution in [0.3, 0.4) is 0 Å². The number of esters is 1. The lowest BCUT2D eigenvalue weighted by Crippen LogP contribution is -2.62. The third-order valence-electron chi connectivity index (χ3n) is 13.2.